The molecule has 1 amide bonds. The fourth-order valence-corrected chi connectivity index (χ4v) is 3.10. The van der Waals surface area contributed by atoms with Gasteiger partial charge in [0, 0.05) is 6.42 Å². The van der Waals surface area contributed by atoms with E-state index in [9.17, 15) is 19.2 Å². The molecule has 0 fully saturated rings. The number of carboxylic acids is 2. The van der Waals surface area contributed by atoms with Crippen LogP contribution in [0.15, 0.2) is 0 Å². The van der Waals surface area contributed by atoms with Crippen molar-refractivity contribution < 1.29 is 39.2 Å². The molecule has 2 atom stereocenters. The number of aliphatic hydroxyl groups is 1. The number of carboxylic acid groups (broad SMARTS) is 2. The van der Waals surface area contributed by atoms with Crippen molar-refractivity contribution >= 4 is 23.8 Å². The monoisotopic (exact) mass is 490 g/mol. The number of rotatable bonds is 20. The second-order valence-corrected chi connectivity index (χ2v) is 8.19. The highest BCUT2D eigenvalue weighted by molar-refractivity contribution is 5.84. The molecule has 0 aromatic carbocycles. The maximum atomic E-state index is 12.1. The van der Waals surface area contributed by atoms with E-state index in [-0.39, 0.29) is 11.9 Å². The summed E-state index contributed by atoms with van der Waals surface area (Å²) < 4.78 is 5.05. The van der Waals surface area contributed by atoms with Gasteiger partial charge in [-0.1, -0.05) is 58.3 Å². The average Bonchev–Trinajstić information content (AvgIpc) is 2.77. The number of nitrogens with one attached hydrogen (secondary N) is 1. The first-order chi connectivity index (χ1) is 16.2. The van der Waals surface area contributed by atoms with E-state index in [0.29, 0.717) is 26.0 Å². The van der Waals surface area contributed by atoms with Crippen LogP contribution in [0, 0.1) is 0 Å². The number of hydrogen-bond acceptors (Lipinski definition) is 7. The van der Waals surface area contributed by atoms with Gasteiger partial charge in [0.15, 0.2) is 6.10 Å². The largest absolute Gasteiger partial charge is 0.481 e. The maximum absolute atomic E-state index is 12.1. The van der Waals surface area contributed by atoms with Gasteiger partial charge in [0.05, 0.1) is 13.0 Å². The number of hydrogen-bond donors (Lipinski definition) is 5. The van der Waals surface area contributed by atoms with Crippen molar-refractivity contribution in [2.24, 2.45) is 5.73 Å². The molecule has 0 aromatic heterocycles. The standard InChI is InChI=1S/C20H40N2O3.C4H6O5/c1-3-5-6-7-8-9-10-11-12-16-19(23)22-18(15-13-14-17-21)20(24)25-4-2;5-2(4(8)9)1-3(6)7/h18H,3-17,21H2,1-2H3,(H,22,23);2,5H,1H2,(H,6,7)(H,8,9). The lowest BCUT2D eigenvalue weighted by Crippen LogP contribution is -2.41. The summed E-state index contributed by atoms with van der Waals surface area (Å²) in [5.74, 6) is -3.23. The second-order valence-electron chi connectivity index (χ2n) is 8.19. The van der Waals surface area contributed by atoms with Crippen molar-refractivity contribution in [2.75, 3.05) is 13.2 Å². The van der Waals surface area contributed by atoms with Gasteiger partial charge in [-0.15, -0.1) is 0 Å². The van der Waals surface area contributed by atoms with Crippen LogP contribution in [0.1, 0.15) is 104 Å². The van der Waals surface area contributed by atoms with E-state index in [1.165, 1.54) is 44.9 Å². The van der Waals surface area contributed by atoms with Gasteiger partial charge < -0.3 is 31.1 Å². The van der Waals surface area contributed by atoms with Crippen molar-refractivity contribution in [1.29, 1.82) is 0 Å². The minimum atomic E-state index is -1.79. The van der Waals surface area contributed by atoms with E-state index in [0.717, 1.165) is 25.7 Å². The Morgan fingerprint density at radius 2 is 1.41 bits per heavy atom. The van der Waals surface area contributed by atoms with Crippen molar-refractivity contribution in [2.45, 2.75) is 116 Å². The van der Waals surface area contributed by atoms with Gasteiger partial charge in [0.2, 0.25) is 5.91 Å². The summed E-state index contributed by atoms with van der Waals surface area (Å²) in [6.07, 6.45) is 11.2. The highest BCUT2D eigenvalue weighted by Gasteiger charge is 2.21. The number of ether oxygens (including phenoxy) is 1. The van der Waals surface area contributed by atoms with Crippen LogP contribution in [-0.4, -0.2) is 64.4 Å². The number of aliphatic carboxylic acids is 2. The van der Waals surface area contributed by atoms with Gasteiger partial charge in [0.1, 0.15) is 6.04 Å². The summed E-state index contributed by atoms with van der Waals surface area (Å²) in [6, 6.07) is -0.530. The Morgan fingerprint density at radius 3 is 1.85 bits per heavy atom. The lowest BCUT2D eigenvalue weighted by atomic mass is 10.1. The SMILES string of the molecule is CCCCCCCCCCCC(=O)NC(CCCCN)C(=O)OCC.O=C(O)CC(O)C(=O)O. The zero-order valence-electron chi connectivity index (χ0n) is 20.9. The first kappa shape index (κ1) is 34.0. The number of aliphatic hydroxyl groups excluding tert-OH is 1. The van der Waals surface area contributed by atoms with Crippen LogP contribution in [-0.2, 0) is 23.9 Å². The second kappa shape index (κ2) is 23.9. The van der Waals surface area contributed by atoms with Gasteiger partial charge in [-0.2, -0.15) is 0 Å². The van der Waals surface area contributed by atoms with Crippen LogP contribution in [0.2, 0.25) is 0 Å². The molecule has 0 aliphatic carbocycles. The van der Waals surface area contributed by atoms with Crippen molar-refractivity contribution in [3.63, 3.8) is 0 Å². The Kier molecular flexibility index (Phi) is 23.9. The lowest BCUT2D eigenvalue weighted by Gasteiger charge is -2.17. The number of esters is 1. The van der Waals surface area contributed by atoms with E-state index in [1.807, 2.05) is 0 Å². The topological polar surface area (TPSA) is 176 Å². The molecule has 10 nitrogen and oxygen atoms in total. The number of nitrogens with two attached hydrogens (primary N) is 1. The molecule has 200 valence electrons. The molecule has 0 aliphatic rings. The molecule has 2 unspecified atom stereocenters. The van der Waals surface area contributed by atoms with Crippen LogP contribution in [0.5, 0.6) is 0 Å². The molecule has 0 aliphatic heterocycles. The number of unbranched alkanes of at least 4 members (excludes halogenated alkanes) is 9. The molecule has 0 saturated heterocycles. The highest BCUT2D eigenvalue weighted by atomic mass is 16.5. The molecular weight excluding hydrogens is 444 g/mol. The Balaban J connectivity index is 0. The van der Waals surface area contributed by atoms with Gasteiger partial charge in [-0.05, 0) is 39.2 Å². The molecule has 0 bridgehead atoms. The predicted molar refractivity (Wildman–Crippen MR) is 129 cm³/mol. The van der Waals surface area contributed by atoms with E-state index in [1.54, 1.807) is 6.92 Å². The molecule has 10 heteroatoms. The first-order valence-electron chi connectivity index (χ1n) is 12.5. The average molecular weight is 491 g/mol. The van der Waals surface area contributed by atoms with Crippen LogP contribution in [0.4, 0.5) is 0 Å². The molecule has 0 rings (SSSR count). The predicted octanol–water partition coefficient (Wildman–Crippen LogP) is 2.99. The number of amides is 1. The molecule has 0 spiro atoms. The van der Waals surface area contributed by atoms with Crippen LogP contribution in [0.3, 0.4) is 0 Å². The van der Waals surface area contributed by atoms with Crippen molar-refractivity contribution in [1.82, 2.24) is 5.32 Å². The number of carbonyl (C=O) groups is 4. The Hall–Kier alpha value is -2.20. The fourth-order valence-electron chi connectivity index (χ4n) is 3.10. The molecule has 0 heterocycles. The Bertz CT molecular complexity index is 557. The van der Waals surface area contributed by atoms with Crippen LogP contribution < -0.4 is 11.1 Å². The minimum Gasteiger partial charge on any atom is -0.481 e. The van der Waals surface area contributed by atoms with Gasteiger partial charge in [0.25, 0.3) is 0 Å². The summed E-state index contributed by atoms with van der Waals surface area (Å²) in [5.41, 5.74) is 5.49. The normalized spacial score (nSPS) is 12.1. The summed E-state index contributed by atoms with van der Waals surface area (Å²) in [6.45, 7) is 4.94. The van der Waals surface area contributed by atoms with Crippen molar-refractivity contribution in [3.05, 3.63) is 0 Å². The molecule has 6 N–H and O–H groups in total. The Labute approximate surface area is 203 Å². The zero-order chi connectivity index (χ0) is 26.2. The van der Waals surface area contributed by atoms with Crippen LogP contribution >= 0.6 is 0 Å². The smallest absolute Gasteiger partial charge is 0.333 e. The minimum absolute atomic E-state index is 0.0475. The third kappa shape index (κ3) is 23.0. The summed E-state index contributed by atoms with van der Waals surface area (Å²) >= 11 is 0. The Morgan fingerprint density at radius 1 is 0.853 bits per heavy atom. The maximum Gasteiger partial charge on any atom is 0.333 e. The molecule has 0 saturated carbocycles. The number of carbonyl (C=O) groups excluding carboxylic acids is 2. The van der Waals surface area contributed by atoms with E-state index < -0.39 is 30.5 Å². The lowest BCUT2D eigenvalue weighted by molar-refractivity contribution is -0.152. The molecular formula is C24H46N2O8. The third-order valence-electron chi connectivity index (χ3n) is 5.01. The third-order valence-corrected chi connectivity index (χ3v) is 5.01. The molecule has 34 heavy (non-hydrogen) atoms. The van der Waals surface area contributed by atoms with E-state index in [4.69, 9.17) is 25.8 Å². The molecule has 0 radical (unpaired) electrons. The summed E-state index contributed by atoms with van der Waals surface area (Å²) in [7, 11) is 0. The molecule has 0 aromatic rings. The van der Waals surface area contributed by atoms with Crippen LogP contribution in [0.25, 0.3) is 0 Å². The first-order valence-corrected chi connectivity index (χ1v) is 12.5. The van der Waals surface area contributed by atoms with Gasteiger partial charge >= 0.3 is 17.9 Å². The van der Waals surface area contributed by atoms with Gasteiger partial charge in [-0.25, -0.2) is 9.59 Å². The van der Waals surface area contributed by atoms with Gasteiger partial charge in [-0.3, -0.25) is 9.59 Å². The van der Waals surface area contributed by atoms with E-state index in [2.05, 4.69) is 12.2 Å². The van der Waals surface area contributed by atoms with E-state index >= 15 is 0 Å². The summed E-state index contributed by atoms with van der Waals surface area (Å²) in [5, 5.41) is 27.0. The highest BCUT2D eigenvalue weighted by Crippen LogP contribution is 2.11. The fraction of sp³-hybridized carbons (Fsp3) is 0.833. The zero-order valence-corrected chi connectivity index (χ0v) is 20.9. The summed E-state index contributed by atoms with van der Waals surface area (Å²) in [4.78, 5) is 43.4. The quantitative estimate of drug-likeness (QED) is 0.127. The van der Waals surface area contributed by atoms with Crippen molar-refractivity contribution in [3.8, 4) is 0 Å².